The summed E-state index contributed by atoms with van der Waals surface area (Å²) in [6, 6.07) is 8.70. The SMILES string of the molecule is COc1ccc2c(c1)O/C(=C\c1cc(C)c(OCC(=O)O)c(C)c1)C2=O. The largest absolute Gasteiger partial charge is 0.497 e. The van der Waals surface area contributed by atoms with E-state index in [1.165, 1.54) is 0 Å². The summed E-state index contributed by atoms with van der Waals surface area (Å²) in [4.78, 5) is 23.2. The summed E-state index contributed by atoms with van der Waals surface area (Å²) in [5.41, 5.74) is 2.82. The van der Waals surface area contributed by atoms with Crippen LogP contribution in [0.1, 0.15) is 27.0 Å². The first-order chi connectivity index (χ1) is 12.4. The zero-order valence-corrected chi connectivity index (χ0v) is 14.7. The van der Waals surface area contributed by atoms with E-state index < -0.39 is 12.6 Å². The van der Waals surface area contributed by atoms with E-state index in [4.69, 9.17) is 19.3 Å². The average molecular weight is 354 g/mol. The lowest BCUT2D eigenvalue weighted by Gasteiger charge is -2.11. The van der Waals surface area contributed by atoms with E-state index in [2.05, 4.69) is 0 Å². The van der Waals surface area contributed by atoms with Crippen molar-refractivity contribution in [2.75, 3.05) is 13.7 Å². The van der Waals surface area contributed by atoms with E-state index in [0.717, 1.165) is 16.7 Å². The fourth-order valence-electron chi connectivity index (χ4n) is 2.87. The molecule has 0 spiro atoms. The van der Waals surface area contributed by atoms with E-state index in [9.17, 15) is 9.59 Å². The molecule has 2 aromatic carbocycles. The van der Waals surface area contributed by atoms with Gasteiger partial charge in [-0.25, -0.2) is 4.79 Å². The van der Waals surface area contributed by atoms with Gasteiger partial charge in [-0.2, -0.15) is 0 Å². The third-order valence-electron chi connectivity index (χ3n) is 4.00. The Balaban J connectivity index is 1.89. The van der Waals surface area contributed by atoms with Crippen LogP contribution in [0.2, 0.25) is 0 Å². The Morgan fingerprint density at radius 2 is 1.88 bits per heavy atom. The summed E-state index contributed by atoms with van der Waals surface area (Å²) in [7, 11) is 1.55. The van der Waals surface area contributed by atoms with Crippen LogP contribution in [-0.2, 0) is 4.79 Å². The topological polar surface area (TPSA) is 82.1 Å². The van der Waals surface area contributed by atoms with Crippen LogP contribution in [0.15, 0.2) is 36.1 Å². The third-order valence-corrected chi connectivity index (χ3v) is 4.00. The van der Waals surface area contributed by atoms with Crippen LogP contribution in [0.25, 0.3) is 6.08 Å². The lowest BCUT2D eigenvalue weighted by Crippen LogP contribution is -2.11. The molecule has 0 unspecified atom stereocenters. The van der Waals surface area contributed by atoms with Crippen LogP contribution in [0, 0.1) is 13.8 Å². The number of carboxylic acids is 1. The summed E-state index contributed by atoms with van der Waals surface area (Å²) >= 11 is 0. The van der Waals surface area contributed by atoms with Gasteiger partial charge in [-0.1, -0.05) is 0 Å². The molecular weight excluding hydrogens is 336 g/mol. The molecular formula is C20H18O6. The van der Waals surface area contributed by atoms with Crippen LogP contribution < -0.4 is 14.2 Å². The molecule has 1 N–H and O–H groups in total. The second-order valence-electron chi connectivity index (χ2n) is 5.97. The predicted molar refractivity (Wildman–Crippen MR) is 95.0 cm³/mol. The monoisotopic (exact) mass is 354 g/mol. The Kier molecular flexibility index (Phi) is 4.67. The number of Topliss-reactive ketones (excluding diaryl/α,β-unsaturated/α-hetero) is 1. The lowest BCUT2D eigenvalue weighted by molar-refractivity contribution is -0.139. The first kappa shape index (κ1) is 17.5. The molecule has 0 bridgehead atoms. The molecule has 2 aromatic rings. The number of hydrogen-bond donors (Lipinski definition) is 1. The molecule has 1 aliphatic heterocycles. The molecule has 3 rings (SSSR count). The molecule has 0 aliphatic carbocycles. The normalized spacial score (nSPS) is 14.1. The summed E-state index contributed by atoms with van der Waals surface area (Å²) in [6.07, 6.45) is 1.66. The molecule has 0 aromatic heterocycles. The fourth-order valence-corrected chi connectivity index (χ4v) is 2.87. The zero-order valence-electron chi connectivity index (χ0n) is 14.7. The van der Waals surface area contributed by atoms with E-state index in [1.807, 2.05) is 26.0 Å². The molecule has 0 saturated carbocycles. The minimum Gasteiger partial charge on any atom is -0.497 e. The number of benzene rings is 2. The highest BCUT2D eigenvalue weighted by molar-refractivity contribution is 6.14. The Labute approximate surface area is 150 Å². The quantitative estimate of drug-likeness (QED) is 0.829. The summed E-state index contributed by atoms with van der Waals surface area (Å²) < 4.78 is 16.1. The Morgan fingerprint density at radius 1 is 1.19 bits per heavy atom. The summed E-state index contributed by atoms with van der Waals surface area (Å²) in [5.74, 6) is 0.615. The number of fused-ring (bicyclic) bond motifs is 1. The number of carbonyl (C=O) groups is 2. The molecule has 0 radical (unpaired) electrons. The smallest absolute Gasteiger partial charge is 0.341 e. The van der Waals surface area contributed by atoms with Crippen molar-refractivity contribution >= 4 is 17.8 Å². The van der Waals surface area contributed by atoms with E-state index in [-0.39, 0.29) is 11.5 Å². The van der Waals surface area contributed by atoms with Crippen molar-refractivity contribution < 1.29 is 28.9 Å². The van der Waals surface area contributed by atoms with Crippen molar-refractivity contribution in [3.8, 4) is 17.2 Å². The van der Waals surface area contributed by atoms with Gasteiger partial charge in [-0.15, -0.1) is 0 Å². The van der Waals surface area contributed by atoms with Crippen LogP contribution >= 0.6 is 0 Å². The standard InChI is InChI=1S/C20H18O6/c1-11-6-13(7-12(2)20(11)25-10-18(21)22)8-17-19(23)15-5-4-14(24-3)9-16(15)26-17/h4-9H,10H2,1-3H3,(H,21,22)/b17-8-. The molecule has 6 nitrogen and oxygen atoms in total. The Morgan fingerprint density at radius 3 is 2.50 bits per heavy atom. The van der Waals surface area contributed by atoms with Gasteiger partial charge in [0.15, 0.2) is 12.4 Å². The van der Waals surface area contributed by atoms with Gasteiger partial charge in [0.1, 0.15) is 17.2 Å². The number of ether oxygens (including phenoxy) is 3. The second-order valence-corrected chi connectivity index (χ2v) is 5.97. The maximum absolute atomic E-state index is 12.5. The number of carbonyl (C=O) groups excluding carboxylic acids is 1. The van der Waals surface area contributed by atoms with Crippen LogP contribution in [0.5, 0.6) is 17.2 Å². The molecule has 0 fully saturated rings. The van der Waals surface area contributed by atoms with Crippen molar-refractivity contribution in [2.24, 2.45) is 0 Å². The van der Waals surface area contributed by atoms with Gasteiger partial charge in [0.25, 0.3) is 0 Å². The van der Waals surface area contributed by atoms with E-state index >= 15 is 0 Å². The summed E-state index contributed by atoms with van der Waals surface area (Å²) in [6.45, 7) is 3.24. The lowest BCUT2D eigenvalue weighted by atomic mass is 10.0. The van der Waals surface area contributed by atoms with Crippen LogP contribution in [-0.4, -0.2) is 30.6 Å². The molecule has 1 aliphatic rings. The van der Waals surface area contributed by atoms with Gasteiger partial charge in [0.05, 0.1) is 12.7 Å². The zero-order chi connectivity index (χ0) is 18.8. The highest BCUT2D eigenvalue weighted by Crippen LogP contribution is 2.35. The number of aryl methyl sites for hydroxylation is 2. The van der Waals surface area contributed by atoms with E-state index in [0.29, 0.717) is 22.8 Å². The van der Waals surface area contributed by atoms with Crippen molar-refractivity contribution in [3.63, 3.8) is 0 Å². The molecule has 6 heteroatoms. The van der Waals surface area contributed by atoms with Crippen molar-refractivity contribution in [1.29, 1.82) is 0 Å². The third kappa shape index (κ3) is 3.39. The van der Waals surface area contributed by atoms with Crippen molar-refractivity contribution in [1.82, 2.24) is 0 Å². The highest BCUT2D eigenvalue weighted by atomic mass is 16.5. The number of hydrogen-bond acceptors (Lipinski definition) is 5. The molecule has 0 amide bonds. The number of methoxy groups -OCH3 is 1. The van der Waals surface area contributed by atoms with Gasteiger partial charge in [0, 0.05) is 6.07 Å². The van der Waals surface area contributed by atoms with Gasteiger partial charge in [0.2, 0.25) is 5.78 Å². The van der Waals surface area contributed by atoms with Gasteiger partial charge >= 0.3 is 5.97 Å². The van der Waals surface area contributed by atoms with Gasteiger partial charge in [-0.3, -0.25) is 4.79 Å². The Hall–Kier alpha value is -3.28. The number of rotatable bonds is 5. The number of aliphatic carboxylic acids is 1. The van der Waals surface area contributed by atoms with Gasteiger partial charge in [-0.05, 0) is 60.9 Å². The molecule has 0 atom stereocenters. The first-order valence-corrected chi connectivity index (χ1v) is 7.97. The predicted octanol–water partition coefficient (Wildman–Crippen LogP) is 3.39. The minimum absolute atomic E-state index is 0.191. The van der Waals surface area contributed by atoms with Crippen LogP contribution in [0.3, 0.4) is 0 Å². The average Bonchev–Trinajstić information content (AvgIpc) is 2.89. The molecule has 1 heterocycles. The fraction of sp³-hybridized carbons (Fsp3) is 0.200. The number of ketones is 1. The molecule has 134 valence electrons. The number of allylic oxidation sites excluding steroid dienone is 1. The second kappa shape index (κ2) is 6.92. The summed E-state index contributed by atoms with van der Waals surface area (Å²) in [5, 5.41) is 8.76. The van der Waals surface area contributed by atoms with Crippen molar-refractivity contribution in [3.05, 3.63) is 58.3 Å². The highest BCUT2D eigenvalue weighted by Gasteiger charge is 2.27. The van der Waals surface area contributed by atoms with Gasteiger partial charge < -0.3 is 19.3 Å². The van der Waals surface area contributed by atoms with Crippen LogP contribution in [0.4, 0.5) is 0 Å². The number of carboxylic acid groups (broad SMARTS) is 1. The maximum Gasteiger partial charge on any atom is 0.341 e. The molecule has 0 saturated heterocycles. The van der Waals surface area contributed by atoms with Crippen molar-refractivity contribution in [2.45, 2.75) is 13.8 Å². The van der Waals surface area contributed by atoms with E-state index in [1.54, 1.807) is 31.4 Å². The maximum atomic E-state index is 12.5. The molecule has 26 heavy (non-hydrogen) atoms. The minimum atomic E-state index is -1.03. The Bertz CT molecular complexity index is 903. The first-order valence-electron chi connectivity index (χ1n) is 7.97.